The predicted octanol–water partition coefficient (Wildman–Crippen LogP) is 3.73. The van der Waals surface area contributed by atoms with Gasteiger partial charge in [0, 0.05) is 35.9 Å². The number of halogens is 1. The lowest BCUT2D eigenvalue weighted by Gasteiger charge is -2.26. The van der Waals surface area contributed by atoms with Crippen LogP contribution in [0.25, 0.3) is 0 Å². The molecule has 4 nitrogen and oxygen atoms in total. The van der Waals surface area contributed by atoms with Gasteiger partial charge in [-0.3, -0.25) is 9.69 Å². The maximum absolute atomic E-state index is 12.3. The van der Waals surface area contributed by atoms with E-state index >= 15 is 0 Å². The van der Waals surface area contributed by atoms with Gasteiger partial charge in [0.25, 0.3) is 5.91 Å². The van der Waals surface area contributed by atoms with Crippen LogP contribution in [-0.4, -0.2) is 37.1 Å². The van der Waals surface area contributed by atoms with Gasteiger partial charge in [0.1, 0.15) is 0 Å². The number of carbonyl (C=O) groups excluding carboxylic acids is 1. The van der Waals surface area contributed by atoms with E-state index in [0.717, 1.165) is 44.1 Å². The molecule has 1 heterocycles. The number of hydrogen-bond acceptors (Lipinski definition) is 3. The van der Waals surface area contributed by atoms with Crippen molar-refractivity contribution in [3.05, 3.63) is 64.2 Å². The van der Waals surface area contributed by atoms with Gasteiger partial charge in [-0.25, -0.2) is 0 Å². The molecule has 0 bridgehead atoms. The summed E-state index contributed by atoms with van der Waals surface area (Å²) >= 11 is 6.01. The Morgan fingerprint density at radius 3 is 2.54 bits per heavy atom. The Bertz CT molecular complexity index is 710. The highest BCUT2D eigenvalue weighted by Gasteiger charge is 2.11. The van der Waals surface area contributed by atoms with Crippen molar-refractivity contribution in [2.75, 3.05) is 31.6 Å². The van der Waals surface area contributed by atoms with E-state index in [0.29, 0.717) is 10.6 Å². The van der Waals surface area contributed by atoms with Crippen LogP contribution in [0.1, 0.15) is 21.5 Å². The highest BCUT2D eigenvalue weighted by molar-refractivity contribution is 6.31. The summed E-state index contributed by atoms with van der Waals surface area (Å²) in [5.41, 5.74) is 3.54. The molecule has 126 valence electrons. The van der Waals surface area contributed by atoms with E-state index in [1.165, 1.54) is 5.56 Å². The second-order valence-corrected chi connectivity index (χ2v) is 6.41. The molecule has 1 saturated heterocycles. The number of ether oxygens (including phenoxy) is 1. The third-order valence-electron chi connectivity index (χ3n) is 4.14. The summed E-state index contributed by atoms with van der Waals surface area (Å²) in [4.78, 5) is 14.7. The SMILES string of the molecule is Cc1cc(NC(=O)c2ccc(CN3CCOCC3)cc2)ccc1Cl. The molecule has 5 heteroatoms. The molecule has 0 saturated carbocycles. The summed E-state index contributed by atoms with van der Waals surface area (Å²) in [6.07, 6.45) is 0. The summed E-state index contributed by atoms with van der Waals surface area (Å²) in [7, 11) is 0. The van der Waals surface area contributed by atoms with Gasteiger partial charge in [-0.15, -0.1) is 0 Å². The van der Waals surface area contributed by atoms with Crippen LogP contribution in [0.4, 0.5) is 5.69 Å². The van der Waals surface area contributed by atoms with Gasteiger partial charge in [-0.2, -0.15) is 0 Å². The van der Waals surface area contributed by atoms with Crippen LogP contribution < -0.4 is 5.32 Å². The number of morpholine rings is 1. The first-order chi connectivity index (χ1) is 11.6. The number of benzene rings is 2. The Balaban J connectivity index is 1.61. The monoisotopic (exact) mass is 344 g/mol. The fourth-order valence-corrected chi connectivity index (χ4v) is 2.82. The van der Waals surface area contributed by atoms with Crippen LogP contribution in [0, 0.1) is 6.92 Å². The zero-order chi connectivity index (χ0) is 16.9. The molecule has 0 atom stereocenters. The predicted molar refractivity (Wildman–Crippen MR) is 96.7 cm³/mol. The topological polar surface area (TPSA) is 41.6 Å². The molecule has 3 rings (SSSR count). The Morgan fingerprint density at radius 2 is 1.88 bits per heavy atom. The molecule has 1 N–H and O–H groups in total. The van der Waals surface area contributed by atoms with Crippen LogP contribution in [0.2, 0.25) is 5.02 Å². The molecule has 0 aliphatic carbocycles. The van der Waals surface area contributed by atoms with E-state index in [1.54, 1.807) is 12.1 Å². The van der Waals surface area contributed by atoms with E-state index in [2.05, 4.69) is 10.2 Å². The number of aryl methyl sites for hydroxylation is 1. The average molecular weight is 345 g/mol. The summed E-state index contributed by atoms with van der Waals surface area (Å²) in [5, 5.41) is 3.60. The molecular formula is C19H21ClN2O2. The van der Waals surface area contributed by atoms with E-state index in [-0.39, 0.29) is 5.91 Å². The molecule has 2 aromatic carbocycles. The number of carbonyl (C=O) groups is 1. The molecule has 1 fully saturated rings. The van der Waals surface area contributed by atoms with Crippen LogP contribution >= 0.6 is 11.6 Å². The van der Waals surface area contributed by atoms with Gasteiger partial charge in [0.15, 0.2) is 0 Å². The van der Waals surface area contributed by atoms with Gasteiger partial charge in [-0.05, 0) is 48.4 Å². The number of anilines is 1. The average Bonchev–Trinajstić information content (AvgIpc) is 2.60. The largest absolute Gasteiger partial charge is 0.379 e. The third kappa shape index (κ3) is 4.35. The number of rotatable bonds is 4. The summed E-state index contributed by atoms with van der Waals surface area (Å²) < 4.78 is 5.36. The highest BCUT2D eigenvalue weighted by atomic mass is 35.5. The van der Waals surface area contributed by atoms with Crippen molar-refractivity contribution in [2.45, 2.75) is 13.5 Å². The summed E-state index contributed by atoms with van der Waals surface area (Å²) in [6.45, 7) is 6.30. The molecule has 1 amide bonds. The minimum absolute atomic E-state index is 0.116. The van der Waals surface area contributed by atoms with Gasteiger partial charge >= 0.3 is 0 Å². The zero-order valence-corrected chi connectivity index (χ0v) is 14.5. The fourth-order valence-electron chi connectivity index (χ4n) is 2.70. The first-order valence-corrected chi connectivity index (χ1v) is 8.46. The molecule has 24 heavy (non-hydrogen) atoms. The van der Waals surface area contributed by atoms with Crippen LogP contribution in [0.3, 0.4) is 0 Å². The van der Waals surface area contributed by atoms with Crippen molar-refractivity contribution < 1.29 is 9.53 Å². The van der Waals surface area contributed by atoms with Crippen molar-refractivity contribution >= 4 is 23.2 Å². The van der Waals surface area contributed by atoms with E-state index in [1.807, 2.05) is 37.3 Å². The van der Waals surface area contributed by atoms with E-state index < -0.39 is 0 Å². The lowest BCUT2D eigenvalue weighted by Crippen LogP contribution is -2.35. The number of amides is 1. The van der Waals surface area contributed by atoms with Gasteiger partial charge < -0.3 is 10.1 Å². The second-order valence-electron chi connectivity index (χ2n) is 6.00. The maximum Gasteiger partial charge on any atom is 0.255 e. The van der Waals surface area contributed by atoms with E-state index in [4.69, 9.17) is 16.3 Å². The van der Waals surface area contributed by atoms with Gasteiger partial charge in [0.05, 0.1) is 13.2 Å². The van der Waals surface area contributed by atoms with E-state index in [9.17, 15) is 4.79 Å². The Labute approximate surface area is 147 Å². The normalized spacial score (nSPS) is 15.2. The van der Waals surface area contributed by atoms with Crippen LogP contribution in [-0.2, 0) is 11.3 Å². The van der Waals surface area contributed by atoms with Gasteiger partial charge in [-0.1, -0.05) is 23.7 Å². The first-order valence-electron chi connectivity index (χ1n) is 8.08. The Hall–Kier alpha value is -1.88. The van der Waals surface area contributed by atoms with Crippen LogP contribution in [0.15, 0.2) is 42.5 Å². The Morgan fingerprint density at radius 1 is 1.17 bits per heavy atom. The lowest BCUT2D eigenvalue weighted by molar-refractivity contribution is 0.0342. The van der Waals surface area contributed by atoms with Crippen molar-refractivity contribution in [2.24, 2.45) is 0 Å². The minimum atomic E-state index is -0.116. The molecular weight excluding hydrogens is 324 g/mol. The quantitative estimate of drug-likeness (QED) is 0.918. The van der Waals surface area contributed by atoms with Crippen molar-refractivity contribution in [3.63, 3.8) is 0 Å². The third-order valence-corrected chi connectivity index (χ3v) is 4.57. The summed E-state index contributed by atoms with van der Waals surface area (Å²) in [6, 6.07) is 13.2. The van der Waals surface area contributed by atoms with Crippen molar-refractivity contribution in [1.82, 2.24) is 4.90 Å². The molecule has 2 aromatic rings. The smallest absolute Gasteiger partial charge is 0.255 e. The molecule has 0 radical (unpaired) electrons. The van der Waals surface area contributed by atoms with Crippen molar-refractivity contribution in [3.8, 4) is 0 Å². The zero-order valence-electron chi connectivity index (χ0n) is 13.7. The minimum Gasteiger partial charge on any atom is -0.379 e. The highest BCUT2D eigenvalue weighted by Crippen LogP contribution is 2.20. The molecule has 1 aliphatic rings. The molecule has 0 aromatic heterocycles. The molecule has 0 unspecified atom stereocenters. The van der Waals surface area contributed by atoms with Gasteiger partial charge in [0.2, 0.25) is 0 Å². The standard InChI is InChI=1S/C19H21ClN2O2/c1-14-12-17(6-7-18(14)20)21-19(23)16-4-2-15(3-5-16)13-22-8-10-24-11-9-22/h2-7,12H,8-11,13H2,1H3,(H,21,23). The second kappa shape index (κ2) is 7.79. The van der Waals surface area contributed by atoms with Crippen LogP contribution in [0.5, 0.6) is 0 Å². The number of hydrogen-bond donors (Lipinski definition) is 1. The fraction of sp³-hybridized carbons (Fsp3) is 0.316. The molecule has 0 spiro atoms. The summed E-state index contributed by atoms with van der Waals surface area (Å²) in [5.74, 6) is -0.116. The van der Waals surface area contributed by atoms with Crippen molar-refractivity contribution in [1.29, 1.82) is 0 Å². The maximum atomic E-state index is 12.3. The lowest BCUT2D eigenvalue weighted by atomic mass is 10.1. The molecule has 1 aliphatic heterocycles. The Kier molecular flexibility index (Phi) is 5.51. The number of nitrogens with zero attached hydrogens (tertiary/aromatic N) is 1. The first kappa shape index (κ1) is 17.0. The number of nitrogens with one attached hydrogen (secondary N) is 1.